The molecular weight excluding hydrogens is 250 g/mol. The fourth-order valence-electron chi connectivity index (χ4n) is 3.33. The van der Waals surface area contributed by atoms with Gasteiger partial charge >= 0.3 is 0 Å². The van der Waals surface area contributed by atoms with E-state index in [2.05, 4.69) is 24.8 Å². The highest BCUT2D eigenvalue weighted by atomic mass is 16.5. The average molecular weight is 271 g/mol. The first-order valence-electron chi connectivity index (χ1n) is 7.26. The van der Waals surface area contributed by atoms with Gasteiger partial charge in [0.2, 0.25) is 0 Å². The van der Waals surface area contributed by atoms with Gasteiger partial charge in [-0.15, -0.1) is 0 Å². The number of nitrogens with zero attached hydrogens (tertiary/aromatic N) is 1. The largest absolute Gasteiger partial charge is 0.497 e. The highest BCUT2D eigenvalue weighted by molar-refractivity contribution is 6.02. The smallest absolute Gasteiger partial charge is 0.182 e. The summed E-state index contributed by atoms with van der Waals surface area (Å²) >= 11 is 0. The summed E-state index contributed by atoms with van der Waals surface area (Å²) in [5.41, 5.74) is 4.38. The van der Waals surface area contributed by atoms with Crippen LogP contribution in [0.3, 0.4) is 0 Å². The molecule has 3 heteroatoms. The highest BCUT2D eigenvalue weighted by Crippen LogP contribution is 2.33. The van der Waals surface area contributed by atoms with Crippen LogP contribution >= 0.6 is 0 Å². The molecule has 3 aliphatic rings. The number of aryl methyl sites for hydroxylation is 2. The SMILES string of the molecule is COc1cc(C)c(C=C2C(=O)C3CCN2CC3)c(C)c1. The minimum atomic E-state index is 0.255. The van der Waals surface area contributed by atoms with Crippen LogP contribution in [0, 0.1) is 19.8 Å². The van der Waals surface area contributed by atoms with Gasteiger partial charge in [-0.1, -0.05) is 0 Å². The fourth-order valence-corrected chi connectivity index (χ4v) is 3.33. The van der Waals surface area contributed by atoms with E-state index in [0.29, 0.717) is 5.78 Å². The molecule has 0 radical (unpaired) electrons. The summed E-state index contributed by atoms with van der Waals surface area (Å²) in [6.07, 6.45) is 4.13. The number of allylic oxidation sites excluding steroid dienone is 1. The summed E-state index contributed by atoms with van der Waals surface area (Å²) in [5, 5.41) is 0. The Morgan fingerprint density at radius 3 is 2.30 bits per heavy atom. The van der Waals surface area contributed by atoms with Crippen molar-refractivity contribution in [1.82, 2.24) is 4.90 Å². The van der Waals surface area contributed by atoms with E-state index in [9.17, 15) is 4.79 Å². The van der Waals surface area contributed by atoms with Crippen LogP contribution in [0.1, 0.15) is 29.5 Å². The lowest BCUT2D eigenvalue weighted by Crippen LogP contribution is -2.45. The summed E-state index contributed by atoms with van der Waals surface area (Å²) in [6, 6.07) is 4.06. The topological polar surface area (TPSA) is 29.5 Å². The molecule has 0 saturated carbocycles. The molecule has 3 aliphatic heterocycles. The van der Waals surface area contributed by atoms with E-state index in [0.717, 1.165) is 54.1 Å². The van der Waals surface area contributed by atoms with Crippen molar-refractivity contribution in [3.63, 3.8) is 0 Å². The highest BCUT2D eigenvalue weighted by Gasteiger charge is 2.36. The van der Waals surface area contributed by atoms with Crippen LogP contribution in [-0.2, 0) is 4.79 Å². The molecule has 3 saturated heterocycles. The van der Waals surface area contributed by atoms with Crippen molar-refractivity contribution in [3.8, 4) is 5.75 Å². The Hall–Kier alpha value is -1.77. The van der Waals surface area contributed by atoms with Crippen molar-refractivity contribution in [1.29, 1.82) is 0 Å². The summed E-state index contributed by atoms with van der Waals surface area (Å²) in [6.45, 7) is 6.19. The maximum absolute atomic E-state index is 12.4. The molecule has 0 spiro atoms. The summed E-state index contributed by atoms with van der Waals surface area (Å²) in [5.74, 6) is 1.46. The second-order valence-electron chi connectivity index (χ2n) is 5.83. The van der Waals surface area contributed by atoms with Crippen molar-refractivity contribution < 1.29 is 9.53 Å². The van der Waals surface area contributed by atoms with Gasteiger partial charge in [-0.25, -0.2) is 0 Å². The molecule has 0 unspecified atom stereocenters. The zero-order chi connectivity index (χ0) is 14.3. The maximum Gasteiger partial charge on any atom is 0.182 e. The van der Waals surface area contributed by atoms with E-state index in [1.807, 2.05) is 12.1 Å². The van der Waals surface area contributed by atoms with E-state index < -0.39 is 0 Å². The van der Waals surface area contributed by atoms with Gasteiger partial charge in [-0.3, -0.25) is 4.79 Å². The third-order valence-corrected chi connectivity index (χ3v) is 4.54. The molecule has 4 rings (SSSR count). The van der Waals surface area contributed by atoms with Gasteiger partial charge in [0.15, 0.2) is 5.78 Å². The van der Waals surface area contributed by atoms with Gasteiger partial charge < -0.3 is 9.64 Å². The lowest BCUT2D eigenvalue weighted by molar-refractivity contribution is -0.125. The van der Waals surface area contributed by atoms with Crippen LogP contribution in [0.4, 0.5) is 0 Å². The van der Waals surface area contributed by atoms with E-state index in [1.54, 1.807) is 7.11 Å². The standard InChI is InChI=1S/C17H21NO2/c1-11-8-14(20-3)9-12(2)15(11)10-16-17(19)13-4-6-18(16)7-5-13/h8-10,13H,4-7H2,1-3H3. The van der Waals surface area contributed by atoms with Crippen molar-refractivity contribution >= 4 is 11.9 Å². The van der Waals surface area contributed by atoms with Crippen LogP contribution in [0.5, 0.6) is 5.75 Å². The molecule has 0 aromatic heterocycles. The number of carbonyl (C=O) groups is 1. The number of benzene rings is 1. The quantitative estimate of drug-likeness (QED) is 0.775. The first kappa shape index (κ1) is 13.2. The summed E-state index contributed by atoms with van der Waals surface area (Å²) in [4.78, 5) is 14.6. The number of methoxy groups -OCH3 is 1. The molecule has 0 amide bonds. The maximum atomic E-state index is 12.4. The number of ether oxygens (including phenoxy) is 1. The predicted octanol–water partition coefficient (Wildman–Crippen LogP) is 2.95. The van der Waals surface area contributed by atoms with Crippen LogP contribution in [0.2, 0.25) is 0 Å². The predicted molar refractivity (Wildman–Crippen MR) is 79.7 cm³/mol. The minimum Gasteiger partial charge on any atom is -0.497 e. The molecule has 3 heterocycles. The van der Waals surface area contributed by atoms with Gasteiger partial charge in [-0.2, -0.15) is 0 Å². The van der Waals surface area contributed by atoms with Crippen molar-refractivity contribution in [2.24, 2.45) is 5.92 Å². The Balaban J connectivity index is 2.02. The molecule has 0 N–H and O–H groups in total. The van der Waals surface area contributed by atoms with Crippen LogP contribution in [-0.4, -0.2) is 30.9 Å². The molecule has 0 atom stereocenters. The van der Waals surface area contributed by atoms with Gasteiger partial charge in [-0.05, 0) is 61.6 Å². The summed E-state index contributed by atoms with van der Waals surface area (Å²) < 4.78 is 5.29. The van der Waals surface area contributed by atoms with Crippen molar-refractivity contribution in [2.75, 3.05) is 20.2 Å². The molecule has 3 nitrogen and oxygen atoms in total. The summed E-state index contributed by atoms with van der Waals surface area (Å²) in [7, 11) is 1.68. The molecular formula is C17H21NO2. The number of piperidine rings is 3. The molecule has 3 fully saturated rings. The molecule has 106 valence electrons. The Kier molecular flexibility index (Phi) is 3.28. The van der Waals surface area contributed by atoms with Crippen LogP contribution in [0.25, 0.3) is 6.08 Å². The van der Waals surface area contributed by atoms with E-state index >= 15 is 0 Å². The molecule has 0 aliphatic carbocycles. The number of hydrogen-bond donors (Lipinski definition) is 0. The fraction of sp³-hybridized carbons (Fsp3) is 0.471. The number of carbonyl (C=O) groups excluding carboxylic acids is 1. The Morgan fingerprint density at radius 1 is 1.20 bits per heavy atom. The lowest BCUT2D eigenvalue weighted by Gasteiger charge is -2.41. The zero-order valence-electron chi connectivity index (χ0n) is 12.4. The monoisotopic (exact) mass is 271 g/mol. The molecule has 2 bridgehead atoms. The van der Waals surface area contributed by atoms with Gasteiger partial charge in [0, 0.05) is 19.0 Å². The number of ketones is 1. The first-order chi connectivity index (χ1) is 9.60. The van der Waals surface area contributed by atoms with Crippen LogP contribution < -0.4 is 4.74 Å². The van der Waals surface area contributed by atoms with Gasteiger partial charge in [0.1, 0.15) is 5.75 Å². The second kappa shape index (κ2) is 4.97. The van der Waals surface area contributed by atoms with E-state index in [1.165, 1.54) is 0 Å². The number of hydrogen-bond acceptors (Lipinski definition) is 3. The van der Waals surface area contributed by atoms with E-state index in [4.69, 9.17) is 4.74 Å². The van der Waals surface area contributed by atoms with Crippen LogP contribution in [0.15, 0.2) is 17.8 Å². The number of Topliss-reactive ketones (excluding diaryl/α,β-unsaturated/α-hetero) is 1. The van der Waals surface area contributed by atoms with Crippen molar-refractivity contribution in [2.45, 2.75) is 26.7 Å². The second-order valence-corrected chi connectivity index (χ2v) is 5.83. The Bertz CT molecular complexity index is 558. The minimum absolute atomic E-state index is 0.255. The Labute approximate surface area is 120 Å². The Morgan fingerprint density at radius 2 is 1.80 bits per heavy atom. The van der Waals surface area contributed by atoms with Gasteiger partial charge in [0.05, 0.1) is 12.8 Å². The van der Waals surface area contributed by atoms with Gasteiger partial charge in [0.25, 0.3) is 0 Å². The molecule has 1 aromatic carbocycles. The molecule has 20 heavy (non-hydrogen) atoms. The number of rotatable bonds is 2. The number of fused-ring (bicyclic) bond motifs is 3. The third kappa shape index (κ3) is 2.11. The third-order valence-electron chi connectivity index (χ3n) is 4.54. The normalized spacial score (nSPS) is 20.9. The average Bonchev–Trinajstić information content (AvgIpc) is 2.45. The van der Waals surface area contributed by atoms with E-state index in [-0.39, 0.29) is 5.92 Å². The first-order valence-corrected chi connectivity index (χ1v) is 7.26. The van der Waals surface area contributed by atoms with Crippen molar-refractivity contribution in [3.05, 3.63) is 34.5 Å². The zero-order valence-corrected chi connectivity index (χ0v) is 12.4. The molecule has 1 aromatic rings. The lowest BCUT2D eigenvalue weighted by atomic mass is 9.84.